The SMILES string of the molecule is CCOc1ccc2nc(C(C)(CC)CN)sc2c1. The van der Waals surface area contributed by atoms with Gasteiger partial charge in [0.25, 0.3) is 0 Å². The summed E-state index contributed by atoms with van der Waals surface area (Å²) in [4.78, 5) is 4.71. The molecule has 0 aliphatic heterocycles. The van der Waals surface area contributed by atoms with Crippen LogP contribution >= 0.6 is 11.3 Å². The highest BCUT2D eigenvalue weighted by molar-refractivity contribution is 7.18. The average molecular weight is 264 g/mol. The largest absolute Gasteiger partial charge is 0.494 e. The Kier molecular flexibility index (Phi) is 3.88. The van der Waals surface area contributed by atoms with Gasteiger partial charge in [-0.2, -0.15) is 0 Å². The Morgan fingerprint density at radius 2 is 2.17 bits per heavy atom. The van der Waals surface area contributed by atoms with Crippen LogP contribution in [0.25, 0.3) is 10.2 Å². The summed E-state index contributed by atoms with van der Waals surface area (Å²) in [5, 5.41) is 1.12. The van der Waals surface area contributed by atoms with Gasteiger partial charge in [-0.1, -0.05) is 13.8 Å². The van der Waals surface area contributed by atoms with Crippen LogP contribution in [-0.4, -0.2) is 18.1 Å². The molecule has 2 N–H and O–H groups in total. The van der Waals surface area contributed by atoms with Crippen LogP contribution in [0.5, 0.6) is 5.75 Å². The van der Waals surface area contributed by atoms with Crippen molar-refractivity contribution < 1.29 is 4.74 Å². The molecule has 0 saturated carbocycles. The normalized spacial score (nSPS) is 14.7. The van der Waals surface area contributed by atoms with Crippen LogP contribution < -0.4 is 10.5 Å². The maximum atomic E-state index is 5.89. The second-order valence-corrected chi connectivity index (χ2v) is 5.73. The molecule has 18 heavy (non-hydrogen) atoms. The van der Waals surface area contributed by atoms with Gasteiger partial charge in [0.15, 0.2) is 0 Å². The van der Waals surface area contributed by atoms with Crippen LogP contribution in [0.1, 0.15) is 32.2 Å². The van der Waals surface area contributed by atoms with Crippen LogP contribution in [0.15, 0.2) is 18.2 Å². The van der Waals surface area contributed by atoms with E-state index in [0.717, 1.165) is 22.7 Å². The summed E-state index contributed by atoms with van der Waals surface area (Å²) < 4.78 is 6.69. The molecule has 1 aromatic carbocycles. The van der Waals surface area contributed by atoms with Gasteiger partial charge in [-0.15, -0.1) is 11.3 Å². The first-order valence-corrected chi connectivity index (χ1v) is 7.18. The quantitative estimate of drug-likeness (QED) is 0.901. The molecule has 0 spiro atoms. The van der Waals surface area contributed by atoms with Gasteiger partial charge in [-0.3, -0.25) is 0 Å². The zero-order chi connectivity index (χ0) is 13.2. The number of hydrogen-bond donors (Lipinski definition) is 1. The first kappa shape index (κ1) is 13.3. The number of hydrogen-bond acceptors (Lipinski definition) is 4. The fraction of sp³-hybridized carbons (Fsp3) is 0.500. The molecule has 0 saturated heterocycles. The third-order valence-electron chi connectivity index (χ3n) is 3.42. The van der Waals surface area contributed by atoms with Gasteiger partial charge in [-0.25, -0.2) is 4.98 Å². The highest BCUT2D eigenvalue weighted by Crippen LogP contribution is 2.34. The van der Waals surface area contributed by atoms with E-state index in [9.17, 15) is 0 Å². The van der Waals surface area contributed by atoms with Crippen molar-refractivity contribution in [1.82, 2.24) is 4.98 Å². The summed E-state index contributed by atoms with van der Waals surface area (Å²) in [6.45, 7) is 7.64. The Balaban J connectivity index is 2.43. The molecule has 0 radical (unpaired) electrons. The van der Waals surface area contributed by atoms with E-state index in [4.69, 9.17) is 15.5 Å². The molecular formula is C14H20N2OS. The molecule has 3 nitrogen and oxygen atoms in total. The van der Waals surface area contributed by atoms with Gasteiger partial charge >= 0.3 is 0 Å². The molecule has 98 valence electrons. The number of aromatic nitrogens is 1. The second-order valence-electron chi connectivity index (χ2n) is 4.70. The Hall–Kier alpha value is -1.13. The minimum absolute atomic E-state index is 0.0184. The zero-order valence-corrected chi connectivity index (χ0v) is 12.0. The van der Waals surface area contributed by atoms with Gasteiger partial charge < -0.3 is 10.5 Å². The van der Waals surface area contributed by atoms with Gasteiger partial charge in [0.2, 0.25) is 0 Å². The molecule has 0 aliphatic carbocycles. The number of nitrogens with two attached hydrogens (primary N) is 1. The summed E-state index contributed by atoms with van der Waals surface area (Å²) in [6, 6.07) is 6.06. The Morgan fingerprint density at radius 3 is 2.78 bits per heavy atom. The standard InChI is InChI=1S/C14H20N2OS/c1-4-14(3,9-15)13-16-11-7-6-10(17-5-2)8-12(11)18-13/h6-8H,4-5,9,15H2,1-3H3. The van der Waals surface area contributed by atoms with Gasteiger partial charge in [0, 0.05) is 12.0 Å². The lowest BCUT2D eigenvalue weighted by Crippen LogP contribution is -2.30. The van der Waals surface area contributed by atoms with Crippen molar-refractivity contribution >= 4 is 21.6 Å². The number of rotatable bonds is 5. The van der Waals surface area contributed by atoms with Crippen molar-refractivity contribution in [1.29, 1.82) is 0 Å². The van der Waals surface area contributed by atoms with E-state index in [1.165, 1.54) is 4.70 Å². The lowest BCUT2D eigenvalue weighted by molar-refractivity contribution is 0.341. The van der Waals surface area contributed by atoms with Crippen LogP contribution in [0.4, 0.5) is 0 Å². The van der Waals surface area contributed by atoms with Gasteiger partial charge in [-0.05, 0) is 31.5 Å². The minimum Gasteiger partial charge on any atom is -0.494 e. The van der Waals surface area contributed by atoms with E-state index in [1.54, 1.807) is 11.3 Å². The molecule has 2 rings (SSSR count). The van der Waals surface area contributed by atoms with E-state index in [0.29, 0.717) is 13.2 Å². The van der Waals surface area contributed by atoms with Crippen molar-refractivity contribution in [2.45, 2.75) is 32.6 Å². The highest BCUT2D eigenvalue weighted by atomic mass is 32.1. The number of nitrogens with zero attached hydrogens (tertiary/aromatic N) is 1. The smallest absolute Gasteiger partial charge is 0.120 e. The van der Waals surface area contributed by atoms with E-state index >= 15 is 0 Å². The number of benzene rings is 1. The Bertz CT molecular complexity index is 532. The molecular weight excluding hydrogens is 244 g/mol. The zero-order valence-electron chi connectivity index (χ0n) is 11.2. The average Bonchev–Trinajstić information content (AvgIpc) is 2.82. The summed E-state index contributed by atoms with van der Waals surface area (Å²) in [6.07, 6.45) is 1.00. The molecule has 1 aromatic heterocycles. The lowest BCUT2D eigenvalue weighted by atomic mass is 9.89. The first-order valence-electron chi connectivity index (χ1n) is 6.37. The van der Waals surface area contributed by atoms with Crippen molar-refractivity contribution in [2.24, 2.45) is 5.73 Å². The third-order valence-corrected chi connectivity index (χ3v) is 4.74. The molecule has 4 heteroatoms. The first-order chi connectivity index (χ1) is 8.62. The highest BCUT2D eigenvalue weighted by Gasteiger charge is 2.26. The van der Waals surface area contributed by atoms with Crippen LogP contribution in [-0.2, 0) is 5.41 Å². The van der Waals surface area contributed by atoms with E-state index in [2.05, 4.69) is 19.9 Å². The Labute approximate surface area is 112 Å². The number of ether oxygens (including phenoxy) is 1. The predicted molar refractivity (Wildman–Crippen MR) is 77.5 cm³/mol. The summed E-state index contributed by atoms with van der Waals surface area (Å²) in [5.41, 5.74) is 6.91. The third kappa shape index (κ3) is 2.35. The molecule has 1 atom stereocenters. The molecule has 1 unspecified atom stereocenters. The molecule has 0 aliphatic rings. The maximum absolute atomic E-state index is 5.89. The van der Waals surface area contributed by atoms with E-state index in [1.807, 2.05) is 19.1 Å². The van der Waals surface area contributed by atoms with Crippen molar-refractivity contribution in [3.8, 4) is 5.75 Å². The van der Waals surface area contributed by atoms with Crippen molar-refractivity contribution in [3.05, 3.63) is 23.2 Å². The van der Waals surface area contributed by atoms with Crippen LogP contribution in [0, 0.1) is 0 Å². The number of thiazole rings is 1. The summed E-state index contributed by atoms with van der Waals surface area (Å²) in [7, 11) is 0. The maximum Gasteiger partial charge on any atom is 0.120 e. The molecule has 0 fully saturated rings. The number of fused-ring (bicyclic) bond motifs is 1. The van der Waals surface area contributed by atoms with Gasteiger partial charge in [0.1, 0.15) is 10.8 Å². The van der Waals surface area contributed by atoms with Crippen LogP contribution in [0.3, 0.4) is 0 Å². The van der Waals surface area contributed by atoms with Crippen LogP contribution in [0.2, 0.25) is 0 Å². The molecule has 2 aromatic rings. The van der Waals surface area contributed by atoms with Crippen molar-refractivity contribution in [3.63, 3.8) is 0 Å². The fourth-order valence-corrected chi connectivity index (χ4v) is 3.02. The summed E-state index contributed by atoms with van der Waals surface area (Å²) >= 11 is 1.72. The fourth-order valence-electron chi connectivity index (χ4n) is 1.80. The topological polar surface area (TPSA) is 48.1 Å². The minimum atomic E-state index is -0.0184. The second kappa shape index (κ2) is 5.24. The predicted octanol–water partition coefficient (Wildman–Crippen LogP) is 3.32. The lowest BCUT2D eigenvalue weighted by Gasteiger charge is -2.23. The van der Waals surface area contributed by atoms with E-state index in [-0.39, 0.29) is 5.41 Å². The molecule has 0 bridgehead atoms. The van der Waals surface area contributed by atoms with E-state index < -0.39 is 0 Å². The Morgan fingerprint density at radius 1 is 1.39 bits per heavy atom. The monoisotopic (exact) mass is 264 g/mol. The summed E-state index contributed by atoms with van der Waals surface area (Å²) in [5.74, 6) is 0.908. The molecule has 1 heterocycles. The van der Waals surface area contributed by atoms with Gasteiger partial charge in [0.05, 0.1) is 16.8 Å². The van der Waals surface area contributed by atoms with Crippen molar-refractivity contribution in [2.75, 3.05) is 13.2 Å². The molecule has 0 amide bonds.